The van der Waals surface area contributed by atoms with Crippen molar-refractivity contribution in [1.82, 2.24) is 10.2 Å². The lowest BCUT2D eigenvalue weighted by Gasteiger charge is -2.34. The van der Waals surface area contributed by atoms with Crippen LogP contribution in [0.3, 0.4) is 0 Å². The zero-order valence-corrected chi connectivity index (χ0v) is 15.7. The molecule has 5 nitrogen and oxygen atoms in total. The van der Waals surface area contributed by atoms with Gasteiger partial charge in [-0.15, -0.1) is 0 Å². The van der Waals surface area contributed by atoms with Gasteiger partial charge in [-0.25, -0.2) is 0 Å². The summed E-state index contributed by atoms with van der Waals surface area (Å²) in [5.74, 6) is 0.651. The van der Waals surface area contributed by atoms with E-state index in [0.717, 1.165) is 37.9 Å². The second-order valence-corrected chi connectivity index (χ2v) is 7.14. The third-order valence-electron chi connectivity index (χ3n) is 4.85. The van der Waals surface area contributed by atoms with Crippen LogP contribution in [0.1, 0.15) is 39.0 Å². The van der Waals surface area contributed by atoms with E-state index >= 15 is 0 Å². The van der Waals surface area contributed by atoms with Crippen molar-refractivity contribution in [2.45, 2.75) is 50.6 Å². The topological polar surface area (TPSA) is 65.4 Å². The van der Waals surface area contributed by atoms with Gasteiger partial charge in [0.2, 0.25) is 5.91 Å². The average molecular weight is 364 g/mol. The molecule has 1 N–H and O–H groups in total. The van der Waals surface area contributed by atoms with Crippen LogP contribution in [0, 0.1) is 11.3 Å². The first-order valence-electron chi connectivity index (χ1n) is 8.78. The van der Waals surface area contributed by atoms with Crippen LogP contribution >= 0.6 is 11.6 Å². The highest BCUT2D eigenvalue weighted by atomic mass is 35.5. The predicted molar refractivity (Wildman–Crippen MR) is 98.6 cm³/mol. The molecule has 0 bridgehead atoms. The number of likely N-dealkylation sites (N-methyl/N-ethyl adjacent to an activating group) is 1. The molecule has 0 aromatic heterocycles. The maximum Gasteiger partial charge on any atom is 0.238 e. The zero-order chi connectivity index (χ0) is 18.3. The van der Waals surface area contributed by atoms with Crippen LogP contribution in [-0.2, 0) is 4.79 Å². The maximum absolute atomic E-state index is 12.5. The Morgan fingerprint density at radius 2 is 2.00 bits per heavy atom. The van der Waals surface area contributed by atoms with Crippen molar-refractivity contribution in [2.75, 3.05) is 20.2 Å². The largest absolute Gasteiger partial charge is 0.492 e. The van der Waals surface area contributed by atoms with Crippen LogP contribution in [0.5, 0.6) is 5.75 Å². The maximum atomic E-state index is 12.5. The minimum atomic E-state index is -0.690. The van der Waals surface area contributed by atoms with Crippen LogP contribution in [0.25, 0.3) is 0 Å². The van der Waals surface area contributed by atoms with Gasteiger partial charge in [-0.05, 0) is 51.1 Å². The molecule has 1 aromatic rings. The van der Waals surface area contributed by atoms with Gasteiger partial charge < -0.3 is 10.1 Å². The minimum absolute atomic E-state index is 0.0996. The normalized spacial score (nSPS) is 17.6. The van der Waals surface area contributed by atoms with Gasteiger partial charge in [-0.2, -0.15) is 5.26 Å². The van der Waals surface area contributed by atoms with E-state index in [2.05, 4.69) is 11.4 Å². The van der Waals surface area contributed by atoms with Gasteiger partial charge in [0.1, 0.15) is 17.9 Å². The summed E-state index contributed by atoms with van der Waals surface area (Å²) in [6, 6.07) is 9.20. The molecule has 2 rings (SSSR count). The fourth-order valence-electron chi connectivity index (χ4n) is 2.99. The lowest BCUT2D eigenvalue weighted by molar-refractivity contribution is -0.127. The number of ether oxygens (including phenoxy) is 1. The Morgan fingerprint density at radius 3 is 2.60 bits per heavy atom. The lowest BCUT2D eigenvalue weighted by Crippen LogP contribution is -2.54. The van der Waals surface area contributed by atoms with Crippen molar-refractivity contribution < 1.29 is 9.53 Å². The van der Waals surface area contributed by atoms with E-state index in [1.807, 2.05) is 31.0 Å². The van der Waals surface area contributed by atoms with Gasteiger partial charge in [0.15, 0.2) is 0 Å². The first-order valence-corrected chi connectivity index (χ1v) is 9.15. The highest BCUT2D eigenvalue weighted by Gasteiger charge is 2.35. The number of nitrogens with one attached hydrogen (secondary N) is 1. The Hall–Kier alpha value is -1.77. The van der Waals surface area contributed by atoms with Crippen LogP contribution in [0.2, 0.25) is 5.02 Å². The summed E-state index contributed by atoms with van der Waals surface area (Å²) in [5, 5.41) is 13.1. The number of rotatable bonds is 7. The molecule has 0 radical (unpaired) electrons. The average Bonchev–Trinajstić information content (AvgIpc) is 2.63. The molecule has 6 heteroatoms. The van der Waals surface area contributed by atoms with Crippen molar-refractivity contribution >= 4 is 17.5 Å². The highest BCUT2D eigenvalue weighted by molar-refractivity contribution is 6.30. The number of amides is 1. The molecular formula is C19H26ClN3O2. The number of hydrogen-bond donors (Lipinski definition) is 1. The van der Waals surface area contributed by atoms with E-state index in [-0.39, 0.29) is 11.9 Å². The Bertz CT molecular complexity index is 606. The summed E-state index contributed by atoms with van der Waals surface area (Å²) in [6.45, 7) is 2.93. The van der Waals surface area contributed by atoms with E-state index in [1.54, 1.807) is 12.1 Å². The highest BCUT2D eigenvalue weighted by Crippen LogP contribution is 2.27. The molecule has 25 heavy (non-hydrogen) atoms. The summed E-state index contributed by atoms with van der Waals surface area (Å²) >= 11 is 5.84. The molecule has 1 aliphatic carbocycles. The lowest BCUT2D eigenvalue weighted by atomic mass is 9.82. The van der Waals surface area contributed by atoms with Gasteiger partial charge in [-0.1, -0.05) is 30.9 Å². The quantitative estimate of drug-likeness (QED) is 0.806. The molecule has 1 atom stereocenters. The summed E-state index contributed by atoms with van der Waals surface area (Å²) in [4.78, 5) is 14.5. The number of carbonyl (C=O) groups excluding carboxylic acids is 1. The first kappa shape index (κ1) is 19.6. The molecule has 1 fully saturated rings. The Labute approximate surface area is 154 Å². The van der Waals surface area contributed by atoms with Gasteiger partial charge >= 0.3 is 0 Å². The van der Waals surface area contributed by atoms with E-state index in [0.29, 0.717) is 18.2 Å². The molecule has 0 aliphatic heterocycles. The van der Waals surface area contributed by atoms with Crippen molar-refractivity contribution in [3.05, 3.63) is 29.3 Å². The van der Waals surface area contributed by atoms with Gasteiger partial charge in [0.05, 0.1) is 12.1 Å². The molecule has 1 saturated carbocycles. The molecule has 1 aromatic carbocycles. The monoisotopic (exact) mass is 363 g/mol. The second kappa shape index (κ2) is 9.07. The number of carbonyl (C=O) groups is 1. The predicted octanol–water partition coefficient (Wildman–Crippen LogP) is 3.38. The zero-order valence-electron chi connectivity index (χ0n) is 14.9. The van der Waals surface area contributed by atoms with E-state index < -0.39 is 5.54 Å². The number of halogens is 1. The molecule has 0 saturated heterocycles. The summed E-state index contributed by atoms with van der Waals surface area (Å²) < 4.78 is 5.67. The SMILES string of the molecule is CC(C(=O)NC1(C#N)CCCCC1)N(C)CCOc1ccc(Cl)cc1. The minimum Gasteiger partial charge on any atom is -0.492 e. The molecule has 1 aliphatic rings. The van der Waals surface area contributed by atoms with Crippen LogP contribution in [0.15, 0.2) is 24.3 Å². The van der Waals surface area contributed by atoms with Gasteiger partial charge in [0, 0.05) is 11.6 Å². The van der Waals surface area contributed by atoms with Crippen molar-refractivity contribution in [2.24, 2.45) is 0 Å². The van der Waals surface area contributed by atoms with E-state index in [9.17, 15) is 10.1 Å². The Morgan fingerprint density at radius 1 is 1.36 bits per heavy atom. The number of nitriles is 1. The first-order chi connectivity index (χ1) is 12.0. The third-order valence-corrected chi connectivity index (χ3v) is 5.10. The Kier molecular flexibility index (Phi) is 7.10. The number of nitrogens with zero attached hydrogens (tertiary/aromatic N) is 2. The summed E-state index contributed by atoms with van der Waals surface area (Å²) in [7, 11) is 1.88. The fraction of sp³-hybridized carbons (Fsp3) is 0.579. The van der Waals surface area contributed by atoms with Crippen molar-refractivity contribution in [1.29, 1.82) is 5.26 Å². The molecule has 0 heterocycles. The summed E-state index contributed by atoms with van der Waals surface area (Å²) in [5.41, 5.74) is -0.690. The second-order valence-electron chi connectivity index (χ2n) is 6.70. The number of benzene rings is 1. The molecular weight excluding hydrogens is 338 g/mol. The van der Waals surface area contributed by atoms with Crippen molar-refractivity contribution in [3.8, 4) is 11.8 Å². The molecule has 0 spiro atoms. The standard InChI is InChI=1S/C19H26ClN3O2/c1-15(18(24)22-19(14-21)10-4-3-5-11-19)23(2)12-13-25-17-8-6-16(20)7-9-17/h6-9,15H,3-5,10-13H2,1-2H3,(H,22,24). The van der Waals surface area contributed by atoms with Crippen LogP contribution in [0.4, 0.5) is 0 Å². The Balaban J connectivity index is 1.80. The third kappa shape index (κ3) is 5.62. The fourth-order valence-corrected chi connectivity index (χ4v) is 3.12. The smallest absolute Gasteiger partial charge is 0.238 e. The van der Waals surface area contributed by atoms with Crippen LogP contribution in [-0.4, -0.2) is 42.6 Å². The van der Waals surface area contributed by atoms with Gasteiger partial charge in [0.25, 0.3) is 0 Å². The molecule has 1 unspecified atom stereocenters. The van der Waals surface area contributed by atoms with E-state index in [1.165, 1.54) is 0 Å². The molecule has 1 amide bonds. The van der Waals surface area contributed by atoms with E-state index in [4.69, 9.17) is 16.3 Å². The van der Waals surface area contributed by atoms with Gasteiger partial charge in [-0.3, -0.25) is 9.69 Å². The summed E-state index contributed by atoms with van der Waals surface area (Å²) in [6.07, 6.45) is 4.60. The number of hydrogen-bond acceptors (Lipinski definition) is 4. The van der Waals surface area contributed by atoms with Crippen molar-refractivity contribution in [3.63, 3.8) is 0 Å². The molecule has 136 valence electrons. The van der Waals surface area contributed by atoms with Crippen LogP contribution < -0.4 is 10.1 Å².